The molecule has 0 aliphatic carbocycles. The largest absolute Gasteiger partial charge is 0.312 e. The van der Waals surface area contributed by atoms with Crippen molar-refractivity contribution in [2.75, 3.05) is 40.0 Å². The van der Waals surface area contributed by atoms with E-state index in [-0.39, 0.29) is 5.54 Å². The monoisotopic (exact) mass is 319 g/mol. The number of nitrogens with zero attached hydrogens (tertiary/aromatic N) is 2. The van der Waals surface area contributed by atoms with Crippen LogP contribution in [0.4, 0.5) is 0 Å². The molecule has 0 aromatic rings. The van der Waals surface area contributed by atoms with Crippen LogP contribution in [0.5, 0.6) is 0 Å². The van der Waals surface area contributed by atoms with Crippen molar-refractivity contribution in [1.29, 1.82) is 0 Å². The molecule has 1 N–H and O–H groups in total. The van der Waals surface area contributed by atoms with Gasteiger partial charge in [-0.25, -0.2) is 12.7 Å². The van der Waals surface area contributed by atoms with Crippen molar-refractivity contribution < 1.29 is 8.42 Å². The topological polar surface area (TPSA) is 52.7 Å². The summed E-state index contributed by atoms with van der Waals surface area (Å²) in [5.74, 6) is 0.441. The summed E-state index contributed by atoms with van der Waals surface area (Å²) in [6, 6.07) is 0.363. The van der Waals surface area contributed by atoms with Gasteiger partial charge in [-0.15, -0.1) is 0 Å². The van der Waals surface area contributed by atoms with Crippen LogP contribution in [0.3, 0.4) is 0 Å². The zero-order valence-electron chi connectivity index (χ0n) is 14.5. The normalized spacial score (nSPS) is 23.5. The minimum absolute atomic E-state index is 0.0450. The quantitative estimate of drug-likeness (QED) is 0.770. The van der Waals surface area contributed by atoms with Gasteiger partial charge in [0.25, 0.3) is 0 Å². The van der Waals surface area contributed by atoms with Crippen molar-refractivity contribution in [2.45, 2.75) is 51.6 Å². The van der Waals surface area contributed by atoms with Gasteiger partial charge < -0.3 is 10.2 Å². The maximum atomic E-state index is 11.8. The van der Waals surface area contributed by atoms with Crippen molar-refractivity contribution in [3.63, 3.8) is 0 Å². The van der Waals surface area contributed by atoms with E-state index in [1.165, 1.54) is 6.26 Å². The van der Waals surface area contributed by atoms with Gasteiger partial charge in [0.05, 0.1) is 6.26 Å². The number of nitrogens with one attached hydrogen (secondary N) is 1. The predicted octanol–water partition coefficient (Wildman–Crippen LogP) is 1.37. The van der Waals surface area contributed by atoms with Gasteiger partial charge in [-0.3, -0.25) is 0 Å². The van der Waals surface area contributed by atoms with Gasteiger partial charge in [0.15, 0.2) is 0 Å². The van der Waals surface area contributed by atoms with Gasteiger partial charge in [-0.2, -0.15) is 0 Å². The highest BCUT2D eigenvalue weighted by Gasteiger charge is 2.35. The Morgan fingerprint density at radius 2 is 2.00 bits per heavy atom. The average Bonchev–Trinajstić information content (AvgIpc) is 2.37. The number of hydrogen-bond donors (Lipinski definition) is 1. The first-order valence-electron chi connectivity index (χ1n) is 7.95. The van der Waals surface area contributed by atoms with Gasteiger partial charge >= 0.3 is 0 Å². The Balaban J connectivity index is 2.75. The summed E-state index contributed by atoms with van der Waals surface area (Å²) >= 11 is 0. The Morgan fingerprint density at radius 1 is 1.38 bits per heavy atom. The first kappa shape index (κ1) is 18.9. The zero-order chi connectivity index (χ0) is 16.3. The number of hydrogen-bond acceptors (Lipinski definition) is 4. The highest BCUT2D eigenvalue weighted by Crippen LogP contribution is 2.27. The summed E-state index contributed by atoms with van der Waals surface area (Å²) in [6.45, 7) is 8.91. The summed E-state index contributed by atoms with van der Waals surface area (Å²) in [5.41, 5.74) is 0.0450. The standard InChI is InChI=1S/C15H33N3O2S/c1-7-16-14(15(2,3)17(4)5)11-13-9-8-10-18(12-13)21(6,19)20/h13-14,16H,7-12H2,1-6H3. The van der Waals surface area contributed by atoms with Crippen LogP contribution < -0.4 is 5.32 Å². The first-order chi connectivity index (χ1) is 9.59. The molecule has 0 amide bonds. The van der Waals surface area contributed by atoms with Crippen LogP contribution in [-0.4, -0.2) is 69.2 Å². The van der Waals surface area contributed by atoms with E-state index in [1.54, 1.807) is 4.31 Å². The van der Waals surface area contributed by atoms with Gasteiger partial charge in [0.2, 0.25) is 10.0 Å². The Hall–Kier alpha value is -0.170. The summed E-state index contributed by atoms with van der Waals surface area (Å²) in [4.78, 5) is 2.25. The van der Waals surface area contributed by atoms with Gasteiger partial charge in [-0.1, -0.05) is 6.92 Å². The number of piperidine rings is 1. The molecule has 2 atom stereocenters. The summed E-state index contributed by atoms with van der Waals surface area (Å²) in [7, 11) is 1.15. The number of likely N-dealkylation sites (N-methyl/N-ethyl adjacent to an activating group) is 2. The Morgan fingerprint density at radius 3 is 2.48 bits per heavy atom. The summed E-state index contributed by atoms with van der Waals surface area (Å²) in [6.07, 6.45) is 4.43. The molecule has 126 valence electrons. The molecule has 0 radical (unpaired) electrons. The Kier molecular flexibility index (Phi) is 6.65. The zero-order valence-corrected chi connectivity index (χ0v) is 15.3. The molecule has 1 aliphatic rings. The SMILES string of the molecule is CCNC(CC1CCCN(S(C)(=O)=O)C1)C(C)(C)N(C)C. The van der Waals surface area contributed by atoms with Crippen molar-refractivity contribution in [3.8, 4) is 0 Å². The predicted molar refractivity (Wildman–Crippen MR) is 89.0 cm³/mol. The van der Waals surface area contributed by atoms with Crippen LogP contribution in [0, 0.1) is 5.92 Å². The fourth-order valence-corrected chi connectivity index (χ4v) is 3.98. The summed E-state index contributed by atoms with van der Waals surface area (Å²) in [5, 5.41) is 3.60. The molecule has 1 fully saturated rings. The molecule has 1 aliphatic heterocycles. The first-order valence-corrected chi connectivity index (χ1v) is 9.79. The van der Waals surface area contributed by atoms with Crippen LogP contribution in [-0.2, 0) is 10.0 Å². The second-order valence-electron chi connectivity index (χ2n) is 7.02. The second-order valence-corrected chi connectivity index (χ2v) is 9.01. The molecule has 0 aromatic heterocycles. The second kappa shape index (κ2) is 7.40. The van der Waals surface area contributed by atoms with Crippen LogP contribution in [0.25, 0.3) is 0 Å². The molecule has 1 heterocycles. The molecule has 2 unspecified atom stereocenters. The van der Waals surface area contributed by atoms with Gasteiger partial charge in [-0.05, 0) is 59.7 Å². The molecular formula is C15H33N3O2S. The lowest BCUT2D eigenvalue weighted by Gasteiger charge is -2.43. The smallest absolute Gasteiger partial charge is 0.211 e. The van der Waals surface area contributed by atoms with Crippen LogP contribution in [0.1, 0.15) is 40.0 Å². The lowest BCUT2D eigenvalue weighted by molar-refractivity contribution is 0.112. The van der Waals surface area contributed by atoms with Gasteiger partial charge in [0.1, 0.15) is 0 Å². The van der Waals surface area contributed by atoms with E-state index in [0.717, 1.165) is 25.8 Å². The van der Waals surface area contributed by atoms with Crippen molar-refractivity contribution in [3.05, 3.63) is 0 Å². The number of sulfonamides is 1. The van der Waals surface area contributed by atoms with E-state index in [0.29, 0.717) is 25.0 Å². The molecule has 0 saturated carbocycles. The van der Waals surface area contributed by atoms with E-state index in [2.05, 4.69) is 45.1 Å². The highest BCUT2D eigenvalue weighted by atomic mass is 32.2. The Labute approximate surface area is 131 Å². The van der Waals surface area contributed by atoms with Crippen LogP contribution in [0.15, 0.2) is 0 Å². The lowest BCUT2D eigenvalue weighted by atomic mass is 9.83. The minimum Gasteiger partial charge on any atom is -0.312 e. The Bertz CT molecular complexity index is 421. The van der Waals surface area contributed by atoms with Crippen molar-refractivity contribution in [1.82, 2.24) is 14.5 Å². The minimum atomic E-state index is -3.06. The third-order valence-corrected chi connectivity index (χ3v) is 6.25. The summed E-state index contributed by atoms with van der Waals surface area (Å²) < 4.78 is 25.1. The maximum Gasteiger partial charge on any atom is 0.211 e. The molecular weight excluding hydrogens is 286 g/mol. The van der Waals surface area contributed by atoms with E-state index < -0.39 is 10.0 Å². The molecule has 1 saturated heterocycles. The van der Waals surface area contributed by atoms with Crippen molar-refractivity contribution >= 4 is 10.0 Å². The highest BCUT2D eigenvalue weighted by molar-refractivity contribution is 7.88. The number of rotatable bonds is 7. The molecule has 0 spiro atoms. The fraction of sp³-hybridized carbons (Fsp3) is 1.00. The lowest BCUT2D eigenvalue weighted by Crippen LogP contribution is -2.56. The molecule has 21 heavy (non-hydrogen) atoms. The molecule has 1 rings (SSSR count). The maximum absolute atomic E-state index is 11.8. The molecule has 5 nitrogen and oxygen atoms in total. The average molecular weight is 320 g/mol. The van der Waals surface area contributed by atoms with Crippen molar-refractivity contribution in [2.24, 2.45) is 5.92 Å². The van der Waals surface area contributed by atoms with Crippen LogP contribution in [0.2, 0.25) is 0 Å². The molecule has 0 aromatic carbocycles. The third kappa shape index (κ3) is 5.20. The van der Waals surface area contributed by atoms with E-state index in [9.17, 15) is 8.42 Å². The van der Waals surface area contributed by atoms with E-state index in [4.69, 9.17) is 0 Å². The molecule has 0 bridgehead atoms. The van der Waals surface area contributed by atoms with Gasteiger partial charge in [0, 0.05) is 24.7 Å². The van der Waals surface area contributed by atoms with E-state index in [1.807, 2.05) is 0 Å². The third-order valence-electron chi connectivity index (χ3n) is 4.98. The fourth-order valence-electron chi connectivity index (χ4n) is 3.03. The molecule has 6 heteroatoms. The van der Waals surface area contributed by atoms with Crippen LogP contribution >= 0.6 is 0 Å². The van der Waals surface area contributed by atoms with E-state index >= 15 is 0 Å².